The average Bonchev–Trinajstić information content (AvgIpc) is 3.29. The van der Waals surface area contributed by atoms with E-state index in [0.717, 1.165) is 48.9 Å². The summed E-state index contributed by atoms with van der Waals surface area (Å²) in [6, 6.07) is 5.60. The van der Waals surface area contributed by atoms with Crippen molar-refractivity contribution in [2.24, 2.45) is 12.5 Å². The number of pyridine rings is 2. The van der Waals surface area contributed by atoms with Crippen molar-refractivity contribution in [2.75, 3.05) is 36.4 Å². The number of rotatable bonds is 4. The molecule has 0 aromatic carbocycles. The molecule has 8 heteroatoms. The molecule has 0 radical (unpaired) electrons. The van der Waals surface area contributed by atoms with Crippen molar-refractivity contribution in [3.05, 3.63) is 64.6 Å². The Balaban J connectivity index is 1.18. The largest absolute Gasteiger partial charge is 0.357 e. The summed E-state index contributed by atoms with van der Waals surface area (Å²) in [4.78, 5) is 24.3. The molecule has 174 valence electrons. The number of carbonyl (C=O) groups excluding carboxylic acids is 1. The lowest BCUT2D eigenvalue weighted by molar-refractivity contribution is 0.102. The lowest BCUT2D eigenvalue weighted by atomic mass is 9.73. The van der Waals surface area contributed by atoms with Crippen LogP contribution in [0.3, 0.4) is 0 Å². The molecule has 2 saturated heterocycles. The summed E-state index contributed by atoms with van der Waals surface area (Å²) < 4.78 is 1.83. The second-order valence-electron chi connectivity index (χ2n) is 9.81. The van der Waals surface area contributed by atoms with Gasteiger partial charge in [-0.15, -0.1) is 0 Å². The minimum absolute atomic E-state index is 0.170. The predicted molar refractivity (Wildman–Crippen MR) is 132 cm³/mol. The van der Waals surface area contributed by atoms with Gasteiger partial charge in [-0.1, -0.05) is 12.2 Å². The Labute approximate surface area is 198 Å². The van der Waals surface area contributed by atoms with Gasteiger partial charge in [0.2, 0.25) is 0 Å². The Kier molecular flexibility index (Phi) is 5.17. The summed E-state index contributed by atoms with van der Waals surface area (Å²) in [7, 11) is 1.93. The summed E-state index contributed by atoms with van der Waals surface area (Å²) in [6.45, 7) is 4.22. The van der Waals surface area contributed by atoms with Gasteiger partial charge in [0.1, 0.15) is 11.6 Å². The van der Waals surface area contributed by atoms with Crippen LogP contribution in [0.4, 0.5) is 11.6 Å². The minimum atomic E-state index is -0.170. The number of hydrogen-bond donors (Lipinski definition) is 2. The third kappa shape index (κ3) is 3.98. The smallest absolute Gasteiger partial charge is 0.257 e. The zero-order chi connectivity index (χ0) is 23.1. The van der Waals surface area contributed by atoms with Crippen LogP contribution >= 0.6 is 0 Å². The van der Waals surface area contributed by atoms with Gasteiger partial charge in [-0.2, -0.15) is 5.10 Å². The van der Waals surface area contributed by atoms with Gasteiger partial charge in [0.05, 0.1) is 6.20 Å². The van der Waals surface area contributed by atoms with Crippen LogP contribution in [-0.2, 0) is 7.05 Å². The standard InChI is InChI=1S/C26H29N7O/c1-32-15-22(14-30-32)18-2-3-20-13-29-23(11-21(20)10-18)31-25(34)19-4-7-28-24(12-19)33-8-5-26(6-9-33)16-27-17-26/h3-4,7,10-15,18,27H,2,5-6,8-9,16-17H2,1H3,(H,31,34). The minimum Gasteiger partial charge on any atom is -0.357 e. The number of nitrogens with zero attached hydrogens (tertiary/aromatic N) is 5. The number of hydrogen-bond acceptors (Lipinski definition) is 6. The van der Waals surface area contributed by atoms with Gasteiger partial charge in [0, 0.05) is 63.3 Å². The molecule has 34 heavy (non-hydrogen) atoms. The first kappa shape index (κ1) is 21.0. The molecule has 0 saturated carbocycles. The maximum Gasteiger partial charge on any atom is 0.257 e. The van der Waals surface area contributed by atoms with Crippen LogP contribution < -0.4 is 26.0 Å². The van der Waals surface area contributed by atoms with E-state index in [4.69, 9.17) is 0 Å². The molecule has 6 rings (SSSR count). The van der Waals surface area contributed by atoms with Crippen molar-refractivity contribution in [1.82, 2.24) is 25.1 Å². The highest BCUT2D eigenvalue weighted by Gasteiger charge is 2.39. The molecule has 1 aliphatic carbocycles. The molecule has 0 bridgehead atoms. The summed E-state index contributed by atoms with van der Waals surface area (Å²) in [5.74, 6) is 1.53. The highest BCUT2D eigenvalue weighted by atomic mass is 16.1. The van der Waals surface area contributed by atoms with E-state index < -0.39 is 0 Å². The number of carbonyl (C=O) groups is 1. The second kappa shape index (κ2) is 8.36. The van der Waals surface area contributed by atoms with Crippen molar-refractivity contribution in [2.45, 2.75) is 25.2 Å². The van der Waals surface area contributed by atoms with Crippen LogP contribution in [-0.4, -0.2) is 51.8 Å². The van der Waals surface area contributed by atoms with Crippen molar-refractivity contribution in [3.63, 3.8) is 0 Å². The van der Waals surface area contributed by atoms with Crippen molar-refractivity contribution in [3.8, 4) is 0 Å². The Bertz CT molecular complexity index is 1350. The zero-order valence-electron chi connectivity index (χ0n) is 19.4. The Morgan fingerprint density at radius 2 is 2.00 bits per heavy atom. The molecule has 5 heterocycles. The maximum absolute atomic E-state index is 13.0. The highest BCUT2D eigenvalue weighted by Crippen LogP contribution is 2.36. The fourth-order valence-electron chi connectivity index (χ4n) is 5.23. The summed E-state index contributed by atoms with van der Waals surface area (Å²) in [5.41, 5.74) is 2.26. The van der Waals surface area contributed by atoms with Crippen molar-refractivity contribution >= 4 is 29.7 Å². The number of aryl methyl sites for hydroxylation is 1. The first-order chi connectivity index (χ1) is 16.6. The van der Waals surface area contributed by atoms with E-state index in [1.807, 2.05) is 36.3 Å². The van der Waals surface area contributed by atoms with Gasteiger partial charge in [0.15, 0.2) is 0 Å². The Hall–Kier alpha value is -3.52. The van der Waals surface area contributed by atoms with Crippen LogP contribution in [0.15, 0.2) is 43.0 Å². The summed E-state index contributed by atoms with van der Waals surface area (Å²) in [5, 5.41) is 12.8. The first-order valence-corrected chi connectivity index (χ1v) is 12.0. The molecule has 1 atom stereocenters. The fraction of sp³-hybridized carbons (Fsp3) is 0.385. The number of piperidine rings is 1. The Morgan fingerprint density at radius 1 is 1.15 bits per heavy atom. The van der Waals surface area contributed by atoms with Gasteiger partial charge < -0.3 is 15.5 Å². The lowest BCUT2D eigenvalue weighted by Gasteiger charge is -2.48. The molecule has 2 N–H and O–H groups in total. The summed E-state index contributed by atoms with van der Waals surface area (Å²) in [6.07, 6.45) is 15.2. The van der Waals surface area contributed by atoms with E-state index in [2.05, 4.69) is 48.9 Å². The SMILES string of the molecule is Cn1cc(C2C=c3cc(NC(=O)c4ccnc(N5CCC6(CC5)CNC6)c4)ncc3=CC2)cn1. The molecule has 1 amide bonds. The molecule has 1 spiro atoms. The number of amides is 1. The van der Waals surface area contributed by atoms with E-state index in [-0.39, 0.29) is 11.8 Å². The number of anilines is 2. The average molecular weight is 456 g/mol. The lowest BCUT2D eigenvalue weighted by Crippen LogP contribution is -2.58. The molecular formula is C26H29N7O. The number of aromatic nitrogens is 4. The van der Waals surface area contributed by atoms with E-state index in [1.165, 1.54) is 18.4 Å². The number of nitrogens with one attached hydrogen (secondary N) is 2. The quantitative estimate of drug-likeness (QED) is 0.619. The molecule has 3 aromatic heterocycles. The van der Waals surface area contributed by atoms with Gasteiger partial charge in [-0.05, 0) is 58.9 Å². The Morgan fingerprint density at radius 3 is 2.74 bits per heavy atom. The van der Waals surface area contributed by atoms with Crippen LogP contribution in [0.5, 0.6) is 0 Å². The van der Waals surface area contributed by atoms with E-state index in [1.54, 1.807) is 12.3 Å². The van der Waals surface area contributed by atoms with Gasteiger partial charge >= 0.3 is 0 Å². The molecule has 2 fully saturated rings. The fourth-order valence-corrected chi connectivity index (χ4v) is 5.23. The molecule has 3 aliphatic rings. The maximum atomic E-state index is 13.0. The van der Waals surface area contributed by atoms with Gasteiger partial charge in [-0.25, -0.2) is 9.97 Å². The van der Waals surface area contributed by atoms with Crippen LogP contribution in [0.2, 0.25) is 0 Å². The second-order valence-corrected chi connectivity index (χ2v) is 9.81. The topological polar surface area (TPSA) is 88.0 Å². The normalized spacial score (nSPS) is 20.6. The van der Waals surface area contributed by atoms with E-state index in [0.29, 0.717) is 16.8 Å². The molecule has 8 nitrogen and oxygen atoms in total. The van der Waals surface area contributed by atoms with Crippen LogP contribution in [0.1, 0.15) is 41.1 Å². The third-order valence-electron chi connectivity index (χ3n) is 7.49. The van der Waals surface area contributed by atoms with E-state index in [9.17, 15) is 4.79 Å². The predicted octanol–water partition coefficient (Wildman–Crippen LogP) is 1.40. The van der Waals surface area contributed by atoms with E-state index >= 15 is 0 Å². The zero-order valence-corrected chi connectivity index (χ0v) is 19.4. The van der Waals surface area contributed by atoms with Crippen LogP contribution in [0.25, 0.3) is 12.2 Å². The molecular weight excluding hydrogens is 426 g/mol. The third-order valence-corrected chi connectivity index (χ3v) is 7.49. The van der Waals surface area contributed by atoms with Crippen LogP contribution in [0, 0.1) is 5.41 Å². The van der Waals surface area contributed by atoms with Gasteiger partial charge in [-0.3, -0.25) is 9.48 Å². The van der Waals surface area contributed by atoms with Crippen molar-refractivity contribution in [1.29, 1.82) is 0 Å². The number of fused-ring (bicyclic) bond motifs is 1. The van der Waals surface area contributed by atoms with Gasteiger partial charge in [0.25, 0.3) is 5.91 Å². The summed E-state index contributed by atoms with van der Waals surface area (Å²) >= 11 is 0. The highest BCUT2D eigenvalue weighted by molar-refractivity contribution is 6.04. The molecule has 2 aliphatic heterocycles. The molecule has 3 aromatic rings. The monoisotopic (exact) mass is 455 g/mol. The molecule has 1 unspecified atom stereocenters. The first-order valence-electron chi connectivity index (χ1n) is 12.0. The van der Waals surface area contributed by atoms with Crippen molar-refractivity contribution < 1.29 is 4.79 Å².